The van der Waals surface area contributed by atoms with Gasteiger partial charge in [0.1, 0.15) is 5.82 Å². The zero-order valence-corrected chi connectivity index (χ0v) is 12.2. The van der Waals surface area contributed by atoms with Crippen molar-refractivity contribution in [1.82, 2.24) is 24.1 Å². The summed E-state index contributed by atoms with van der Waals surface area (Å²) in [6.07, 6.45) is 3.32. The van der Waals surface area contributed by atoms with Gasteiger partial charge < -0.3 is 0 Å². The second kappa shape index (κ2) is 4.49. The maximum Gasteiger partial charge on any atom is 0.266 e. The Bertz CT molecular complexity index is 1060. The van der Waals surface area contributed by atoms with Gasteiger partial charge in [0.05, 0.1) is 10.9 Å². The Balaban J connectivity index is 2.03. The van der Waals surface area contributed by atoms with Crippen molar-refractivity contribution in [1.29, 1.82) is 0 Å². The quantitative estimate of drug-likeness (QED) is 0.538. The fourth-order valence-electron chi connectivity index (χ4n) is 2.53. The van der Waals surface area contributed by atoms with Crippen molar-refractivity contribution in [3.8, 4) is 5.69 Å². The molecule has 1 aromatic carbocycles. The van der Waals surface area contributed by atoms with E-state index in [1.807, 2.05) is 37.3 Å². The van der Waals surface area contributed by atoms with Gasteiger partial charge in [-0.2, -0.15) is 9.50 Å². The van der Waals surface area contributed by atoms with Gasteiger partial charge in [-0.3, -0.25) is 9.36 Å². The van der Waals surface area contributed by atoms with Crippen molar-refractivity contribution in [2.24, 2.45) is 0 Å². The molecule has 4 rings (SSSR count). The largest absolute Gasteiger partial charge is 0.284 e. The van der Waals surface area contributed by atoms with Crippen LogP contribution in [0.4, 0.5) is 0 Å². The van der Waals surface area contributed by atoms with E-state index in [9.17, 15) is 4.79 Å². The highest BCUT2D eigenvalue weighted by atomic mass is 16.1. The summed E-state index contributed by atoms with van der Waals surface area (Å²) in [6, 6.07) is 9.67. The minimum atomic E-state index is -0.121. The van der Waals surface area contributed by atoms with Gasteiger partial charge in [-0.25, -0.2) is 4.98 Å². The molecule has 0 radical (unpaired) electrons. The van der Waals surface area contributed by atoms with Crippen molar-refractivity contribution >= 4 is 16.7 Å². The molecule has 0 atom stereocenters. The van der Waals surface area contributed by atoms with Crippen LogP contribution >= 0.6 is 0 Å². The number of hydrogen-bond acceptors (Lipinski definition) is 4. The van der Waals surface area contributed by atoms with E-state index in [1.54, 1.807) is 28.4 Å². The van der Waals surface area contributed by atoms with E-state index in [0.29, 0.717) is 22.5 Å². The van der Waals surface area contributed by atoms with Crippen LogP contribution in [0.15, 0.2) is 47.5 Å². The van der Waals surface area contributed by atoms with Gasteiger partial charge in [0, 0.05) is 18.1 Å². The number of aryl methyl sites for hydroxylation is 2. The molecule has 3 aromatic heterocycles. The summed E-state index contributed by atoms with van der Waals surface area (Å²) in [5, 5.41) is 4.81. The molecule has 0 N–H and O–H groups in total. The summed E-state index contributed by atoms with van der Waals surface area (Å²) < 4.78 is 3.21. The molecule has 0 saturated carbocycles. The van der Waals surface area contributed by atoms with Crippen LogP contribution in [-0.2, 0) is 0 Å². The molecule has 0 spiro atoms. The molecule has 4 aromatic rings. The summed E-state index contributed by atoms with van der Waals surface area (Å²) in [5.41, 5.74) is 2.56. The number of nitrogens with zero attached hydrogens (tertiary/aromatic N) is 5. The minimum absolute atomic E-state index is 0.121. The Hall–Kier alpha value is -3.02. The third-order valence-corrected chi connectivity index (χ3v) is 3.65. The lowest BCUT2D eigenvalue weighted by Crippen LogP contribution is -2.18. The van der Waals surface area contributed by atoms with E-state index >= 15 is 0 Å². The van der Waals surface area contributed by atoms with Crippen LogP contribution in [0.25, 0.3) is 22.4 Å². The van der Waals surface area contributed by atoms with Gasteiger partial charge in [0.15, 0.2) is 0 Å². The standard InChI is InChI=1S/C16H13N5O/c1-10-3-5-12(6-4-10)20-8-7-14-13(15(20)22)9-17-16-18-11(2)19-21(14)16/h3-9H,1-2H3. The first-order valence-corrected chi connectivity index (χ1v) is 6.94. The van der Waals surface area contributed by atoms with Crippen LogP contribution in [0.3, 0.4) is 0 Å². The Kier molecular flexibility index (Phi) is 2.59. The zero-order chi connectivity index (χ0) is 15.3. The van der Waals surface area contributed by atoms with E-state index in [1.165, 1.54) is 0 Å². The molecular formula is C16H13N5O. The van der Waals surface area contributed by atoms with Gasteiger partial charge in [0.2, 0.25) is 0 Å². The average molecular weight is 291 g/mol. The first-order valence-electron chi connectivity index (χ1n) is 6.94. The van der Waals surface area contributed by atoms with Crippen molar-refractivity contribution < 1.29 is 0 Å². The fraction of sp³-hybridized carbons (Fsp3) is 0.125. The second-order valence-corrected chi connectivity index (χ2v) is 5.25. The third kappa shape index (κ3) is 1.81. The lowest BCUT2D eigenvalue weighted by Gasteiger charge is -2.07. The molecule has 6 nitrogen and oxygen atoms in total. The normalized spacial score (nSPS) is 11.4. The lowest BCUT2D eigenvalue weighted by atomic mass is 10.2. The van der Waals surface area contributed by atoms with Crippen LogP contribution in [0, 0.1) is 13.8 Å². The second-order valence-electron chi connectivity index (χ2n) is 5.25. The molecule has 22 heavy (non-hydrogen) atoms. The smallest absolute Gasteiger partial charge is 0.266 e. The Morgan fingerprint density at radius 2 is 1.82 bits per heavy atom. The number of aromatic nitrogens is 5. The number of rotatable bonds is 1. The lowest BCUT2D eigenvalue weighted by molar-refractivity contribution is 0.939. The predicted molar refractivity (Wildman–Crippen MR) is 83.4 cm³/mol. The molecule has 3 heterocycles. The molecule has 0 amide bonds. The maximum atomic E-state index is 12.7. The van der Waals surface area contributed by atoms with Crippen LogP contribution < -0.4 is 5.56 Å². The van der Waals surface area contributed by atoms with Crippen molar-refractivity contribution in [2.45, 2.75) is 13.8 Å². The highest BCUT2D eigenvalue weighted by molar-refractivity contribution is 5.78. The average Bonchev–Trinajstić information content (AvgIpc) is 2.89. The number of pyridine rings is 1. The third-order valence-electron chi connectivity index (χ3n) is 3.65. The Morgan fingerprint density at radius 1 is 1.05 bits per heavy atom. The van der Waals surface area contributed by atoms with E-state index in [0.717, 1.165) is 11.3 Å². The number of benzene rings is 1. The van der Waals surface area contributed by atoms with Gasteiger partial charge >= 0.3 is 0 Å². The molecule has 0 unspecified atom stereocenters. The highest BCUT2D eigenvalue weighted by Crippen LogP contribution is 2.13. The zero-order valence-electron chi connectivity index (χ0n) is 12.2. The van der Waals surface area contributed by atoms with E-state index < -0.39 is 0 Å². The molecule has 0 aliphatic rings. The van der Waals surface area contributed by atoms with Gasteiger partial charge in [-0.05, 0) is 32.0 Å². The van der Waals surface area contributed by atoms with Crippen molar-refractivity contribution in [3.05, 3.63) is 64.5 Å². The van der Waals surface area contributed by atoms with E-state index in [-0.39, 0.29) is 5.56 Å². The summed E-state index contributed by atoms with van der Waals surface area (Å²) >= 11 is 0. The van der Waals surface area contributed by atoms with Crippen molar-refractivity contribution in [3.63, 3.8) is 0 Å². The van der Waals surface area contributed by atoms with Gasteiger partial charge in [-0.15, -0.1) is 5.10 Å². The van der Waals surface area contributed by atoms with E-state index in [2.05, 4.69) is 15.1 Å². The van der Waals surface area contributed by atoms with E-state index in [4.69, 9.17) is 0 Å². The van der Waals surface area contributed by atoms with Crippen LogP contribution in [-0.4, -0.2) is 24.1 Å². The molecule has 0 aliphatic heterocycles. The summed E-state index contributed by atoms with van der Waals surface area (Å²) in [4.78, 5) is 21.2. The predicted octanol–water partition coefficient (Wildman–Crippen LogP) is 2.05. The maximum absolute atomic E-state index is 12.7. The van der Waals surface area contributed by atoms with Crippen LogP contribution in [0.1, 0.15) is 11.4 Å². The van der Waals surface area contributed by atoms with Crippen molar-refractivity contribution in [2.75, 3.05) is 0 Å². The fourth-order valence-corrected chi connectivity index (χ4v) is 2.53. The first kappa shape index (κ1) is 12.7. The molecule has 0 bridgehead atoms. The van der Waals surface area contributed by atoms with Gasteiger partial charge in [-0.1, -0.05) is 17.7 Å². The molecule has 6 heteroatoms. The number of hydrogen-bond donors (Lipinski definition) is 0. The highest BCUT2D eigenvalue weighted by Gasteiger charge is 2.10. The summed E-state index contributed by atoms with van der Waals surface area (Å²) in [6.45, 7) is 3.81. The summed E-state index contributed by atoms with van der Waals surface area (Å²) in [5.74, 6) is 1.13. The topological polar surface area (TPSA) is 65.1 Å². The summed E-state index contributed by atoms with van der Waals surface area (Å²) in [7, 11) is 0. The van der Waals surface area contributed by atoms with Crippen LogP contribution in [0.2, 0.25) is 0 Å². The molecule has 108 valence electrons. The monoisotopic (exact) mass is 291 g/mol. The SMILES string of the molecule is Cc1ccc(-n2ccc3c(cnc4nc(C)nn43)c2=O)cc1. The van der Waals surface area contributed by atoms with Gasteiger partial charge in [0.25, 0.3) is 11.3 Å². The molecule has 0 aliphatic carbocycles. The van der Waals surface area contributed by atoms with Crippen LogP contribution in [0.5, 0.6) is 0 Å². The Labute approximate surface area is 125 Å². The molecule has 0 fully saturated rings. The Morgan fingerprint density at radius 3 is 2.59 bits per heavy atom. The molecule has 0 saturated heterocycles. The minimum Gasteiger partial charge on any atom is -0.284 e. The molecular weight excluding hydrogens is 278 g/mol. The number of fused-ring (bicyclic) bond motifs is 3. The first-order chi connectivity index (χ1) is 10.6.